The summed E-state index contributed by atoms with van der Waals surface area (Å²) in [5, 5.41) is 2.77. The lowest BCUT2D eigenvalue weighted by molar-refractivity contribution is -0.122. The van der Waals surface area contributed by atoms with Crippen LogP contribution >= 0.6 is 55.1 Å². The summed E-state index contributed by atoms with van der Waals surface area (Å²) < 4.78 is 32.0. The SMILES string of the molecule is Cc1ccc(N2C(=O)NC(=O)/C(=C\c3cc(Br)cc(Br)c3OS(=O)(=O)c3ccc(Cl)cc3)C2=O)cc1Cl. The van der Waals surface area contributed by atoms with Crippen molar-refractivity contribution in [1.29, 1.82) is 0 Å². The maximum atomic E-state index is 13.3. The molecule has 0 aromatic heterocycles. The van der Waals surface area contributed by atoms with Crippen molar-refractivity contribution in [2.24, 2.45) is 0 Å². The molecule has 190 valence electrons. The van der Waals surface area contributed by atoms with E-state index in [4.69, 9.17) is 27.4 Å². The first kappa shape index (κ1) is 27.3. The summed E-state index contributed by atoms with van der Waals surface area (Å²) >= 11 is 18.6. The predicted molar refractivity (Wildman–Crippen MR) is 146 cm³/mol. The summed E-state index contributed by atoms with van der Waals surface area (Å²) in [7, 11) is -4.33. The molecule has 0 saturated carbocycles. The van der Waals surface area contributed by atoms with Crippen molar-refractivity contribution >= 4 is 94.8 Å². The molecule has 1 aliphatic rings. The Morgan fingerprint density at radius 2 is 1.65 bits per heavy atom. The third-order valence-corrected chi connectivity index (χ3v) is 8.09. The van der Waals surface area contributed by atoms with Gasteiger partial charge in [-0.2, -0.15) is 8.42 Å². The van der Waals surface area contributed by atoms with Crippen LogP contribution < -0.4 is 14.4 Å². The first-order chi connectivity index (χ1) is 17.4. The van der Waals surface area contributed by atoms with E-state index in [1.807, 2.05) is 0 Å². The maximum absolute atomic E-state index is 13.3. The summed E-state index contributed by atoms with van der Waals surface area (Å²) in [6.07, 6.45) is 1.13. The molecule has 13 heteroatoms. The number of benzene rings is 3. The van der Waals surface area contributed by atoms with Gasteiger partial charge in [0, 0.05) is 20.1 Å². The van der Waals surface area contributed by atoms with Crippen molar-refractivity contribution in [3.8, 4) is 5.75 Å². The Balaban J connectivity index is 1.79. The van der Waals surface area contributed by atoms with Gasteiger partial charge in [0.15, 0.2) is 5.75 Å². The van der Waals surface area contributed by atoms with Crippen LogP contribution in [0.25, 0.3) is 6.08 Å². The van der Waals surface area contributed by atoms with Gasteiger partial charge >= 0.3 is 16.1 Å². The van der Waals surface area contributed by atoms with E-state index in [1.54, 1.807) is 13.0 Å². The second kappa shape index (κ2) is 10.6. The van der Waals surface area contributed by atoms with Crippen LogP contribution in [0.5, 0.6) is 5.75 Å². The van der Waals surface area contributed by atoms with E-state index in [9.17, 15) is 22.8 Å². The third-order valence-electron chi connectivity index (χ3n) is 5.15. The van der Waals surface area contributed by atoms with E-state index in [2.05, 4.69) is 37.2 Å². The van der Waals surface area contributed by atoms with Crippen LogP contribution in [0.2, 0.25) is 10.0 Å². The van der Waals surface area contributed by atoms with E-state index in [0.717, 1.165) is 16.5 Å². The molecule has 3 aromatic carbocycles. The Labute approximate surface area is 238 Å². The first-order valence-corrected chi connectivity index (χ1v) is 14.0. The van der Waals surface area contributed by atoms with Crippen molar-refractivity contribution in [1.82, 2.24) is 5.32 Å². The summed E-state index contributed by atoms with van der Waals surface area (Å²) in [4.78, 5) is 39.1. The van der Waals surface area contributed by atoms with Crippen LogP contribution in [-0.2, 0) is 19.7 Å². The van der Waals surface area contributed by atoms with Gasteiger partial charge in [0.1, 0.15) is 10.5 Å². The van der Waals surface area contributed by atoms with Crippen molar-refractivity contribution in [3.05, 3.63) is 90.3 Å². The molecule has 4 amide bonds. The normalized spacial score (nSPS) is 15.2. The Hall–Kier alpha value is -2.70. The second-order valence-electron chi connectivity index (χ2n) is 7.69. The average Bonchev–Trinajstić information content (AvgIpc) is 2.81. The number of nitrogens with one attached hydrogen (secondary N) is 1. The van der Waals surface area contributed by atoms with Crippen LogP contribution in [-0.4, -0.2) is 26.3 Å². The highest BCUT2D eigenvalue weighted by Crippen LogP contribution is 2.37. The molecule has 4 rings (SSSR count). The molecule has 0 bridgehead atoms. The van der Waals surface area contributed by atoms with Crippen molar-refractivity contribution in [3.63, 3.8) is 0 Å². The molecular formula is C24H14Br2Cl2N2O6S. The minimum Gasteiger partial charge on any atom is -0.377 e. The molecule has 1 N–H and O–H groups in total. The van der Waals surface area contributed by atoms with Gasteiger partial charge in [-0.15, -0.1) is 0 Å². The van der Waals surface area contributed by atoms with Gasteiger partial charge in [-0.25, -0.2) is 9.69 Å². The molecule has 1 fully saturated rings. The molecule has 1 saturated heterocycles. The van der Waals surface area contributed by atoms with Crippen LogP contribution in [0.4, 0.5) is 10.5 Å². The van der Waals surface area contributed by atoms with E-state index < -0.39 is 33.5 Å². The van der Waals surface area contributed by atoms with Gasteiger partial charge in [-0.3, -0.25) is 14.9 Å². The molecular weight excluding hydrogens is 675 g/mol. The van der Waals surface area contributed by atoms with Gasteiger partial charge in [0.2, 0.25) is 0 Å². The Bertz CT molecular complexity index is 1610. The fraction of sp³-hybridized carbons (Fsp3) is 0.0417. The number of urea groups is 1. The predicted octanol–water partition coefficient (Wildman–Crippen LogP) is 6.26. The average molecular weight is 689 g/mol. The summed E-state index contributed by atoms with van der Waals surface area (Å²) in [6.45, 7) is 1.75. The molecule has 0 spiro atoms. The quantitative estimate of drug-likeness (QED) is 0.193. The maximum Gasteiger partial charge on any atom is 0.339 e. The molecule has 0 atom stereocenters. The highest BCUT2D eigenvalue weighted by atomic mass is 79.9. The number of imide groups is 2. The standard InChI is InChI=1S/C24H14Br2Cl2N2O6S/c1-12-2-5-16(11-20(12)28)30-23(32)18(22(31)29-24(30)33)9-13-8-14(25)10-19(26)21(13)36-37(34,35)17-6-3-15(27)4-7-17/h2-11H,1H3,(H,29,31,33)/b18-9+. The number of rotatable bonds is 5. The van der Waals surface area contributed by atoms with Crippen LogP contribution in [0.1, 0.15) is 11.1 Å². The van der Waals surface area contributed by atoms with Crippen molar-refractivity contribution in [2.75, 3.05) is 4.90 Å². The number of carbonyl (C=O) groups is 3. The Morgan fingerprint density at radius 1 is 0.973 bits per heavy atom. The van der Waals surface area contributed by atoms with Crippen LogP contribution in [0.15, 0.2) is 74.0 Å². The topological polar surface area (TPSA) is 110 Å². The highest BCUT2D eigenvalue weighted by Gasteiger charge is 2.37. The number of nitrogens with zero attached hydrogens (tertiary/aromatic N) is 1. The number of aryl methyl sites for hydroxylation is 1. The lowest BCUT2D eigenvalue weighted by Crippen LogP contribution is -2.54. The number of hydrogen-bond donors (Lipinski definition) is 1. The van der Waals surface area contributed by atoms with Crippen LogP contribution in [0, 0.1) is 6.92 Å². The second-order valence-corrected chi connectivity index (χ2v) is 11.8. The van der Waals surface area contributed by atoms with E-state index in [1.165, 1.54) is 48.5 Å². The molecule has 0 unspecified atom stereocenters. The zero-order chi connectivity index (χ0) is 27.1. The van der Waals surface area contributed by atoms with Gasteiger partial charge in [0.25, 0.3) is 11.8 Å². The number of halogens is 4. The van der Waals surface area contributed by atoms with E-state index in [-0.39, 0.29) is 26.4 Å². The molecule has 1 aliphatic heterocycles. The monoisotopic (exact) mass is 686 g/mol. The number of anilines is 1. The van der Waals surface area contributed by atoms with Gasteiger partial charge in [0.05, 0.1) is 10.2 Å². The summed E-state index contributed by atoms with van der Waals surface area (Å²) in [6, 6.07) is 11.9. The summed E-state index contributed by atoms with van der Waals surface area (Å²) in [5.41, 5.74) is 0.502. The smallest absolute Gasteiger partial charge is 0.339 e. The minimum atomic E-state index is -4.33. The highest BCUT2D eigenvalue weighted by molar-refractivity contribution is 9.11. The lowest BCUT2D eigenvalue weighted by Gasteiger charge is -2.26. The van der Waals surface area contributed by atoms with Crippen molar-refractivity contribution in [2.45, 2.75) is 11.8 Å². The number of amides is 4. The van der Waals surface area contributed by atoms with Crippen molar-refractivity contribution < 1.29 is 27.0 Å². The molecule has 37 heavy (non-hydrogen) atoms. The third kappa shape index (κ3) is 5.75. The van der Waals surface area contributed by atoms with Crippen LogP contribution in [0.3, 0.4) is 0 Å². The zero-order valence-corrected chi connectivity index (χ0v) is 24.1. The number of carbonyl (C=O) groups excluding carboxylic acids is 3. The first-order valence-electron chi connectivity index (χ1n) is 10.2. The number of hydrogen-bond acceptors (Lipinski definition) is 6. The largest absolute Gasteiger partial charge is 0.377 e. The fourth-order valence-electron chi connectivity index (χ4n) is 3.30. The van der Waals surface area contributed by atoms with Gasteiger partial charge in [-0.05, 0) is 83.0 Å². The zero-order valence-electron chi connectivity index (χ0n) is 18.6. The summed E-state index contributed by atoms with van der Waals surface area (Å²) in [5.74, 6) is -2.09. The Morgan fingerprint density at radius 3 is 2.30 bits per heavy atom. The molecule has 0 aliphatic carbocycles. The lowest BCUT2D eigenvalue weighted by atomic mass is 10.1. The molecule has 3 aromatic rings. The fourth-order valence-corrected chi connectivity index (χ4v) is 6.02. The van der Waals surface area contributed by atoms with E-state index in [0.29, 0.717) is 14.5 Å². The molecule has 8 nitrogen and oxygen atoms in total. The molecule has 0 radical (unpaired) electrons. The van der Waals surface area contributed by atoms with Gasteiger partial charge < -0.3 is 4.18 Å². The Kier molecular flexibility index (Phi) is 7.82. The van der Waals surface area contributed by atoms with E-state index >= 15 is 0 Å². The van der Waals surface area contributed by atoms with Gasteiger partial charge in [-0.1, -0.05) is 45.2 Å². The molecule has 1 heterocycles. The number of barbiturate groups is 1. The minimum absolute atomic E-state index is 0.0635.